The first-order valence-electron chi connectivity index (χ1n) is 10.7. The van der Waals surface area contributed by atoms with Crippen molar-refractivity contribution in [2.75, 3.05) is 0 Å². The van der Waals surface area contributed by atoms with Crippen LogP contribution in [0.25, 0.3) is 57.5 Å². The largest absolute Gasteiger partial charge is 0.355 e. The van der Waals surface area contributed by atoms with E-state index in [-0.39, 0.29) is 25.7 Å². The third-order valence-electron chi connectivity index (χ3n) is 5.84. The zero-order valence-corrected chi connectivity index (χ0v) is 21.2. The van der Waals surface area contributed by atoms with E-state index in [9.17, 15) is 5.26 Å². The van der Waals surface area contributed by atoms with Gasteiger partial charge in [0.15, 0.2) is 0 Å². The topological polar surface area (TPSA) is 81.2 Å². The highest BCUT2D eigenvalue weighted by Gasteiger charge is 2.25. The Labute approximate surface area is 225 Å². The van der Waals surface area contributed by atoms with Crippen LogP contribution in [0.15, 0.2) is 42.5 Å². The lowest BCUT2D eigenvalue weighted by atomic mass is 10.00. The molecule has 0 radical (unpaired) electrons. The highest BCUT2D eigenvalue weighted by Crippen LogP contribution is 2.48. The standard InChI is InChI=1S/C27H13Cl4N5/c28-24-19(12-32)25(29)27(31)23(26(24)30)22-20-7-5-17(35-20)10-15-3-1-13(33-15)9-14-2-4-16(34-14)11-18-6-8-21(22)36-18/h1-11,33-34H. The fourth-order valence-electron chi connectivity index (χ4n) is 4.21. The van der Waals surface area contributed by atoms with Gasteiger partial charge in [0, 0.05) is 33.2 Å². The Morgan fingerprint density at radius 1 is 0.583 bits per heavy atom. The van der Waals surface area contributed by atoms with Gasteiger partial charge in [-0.1, -0.05) is 46.4 Å². The highest BCUT2D eigenvalue weighted by molar-refractivity contribution is 6.51. The number of benzene rings is 1. The maximum atomic E-state index is 9.50. The van der Waals surface area contributed by atoms with E-state index in [1.807, 2.05) is 72.8 Å². The molecule has 9 heteroatoms. The van der Waals surface area contributed by atoms with Gasteiger partial charge in [0.25, 0.3) is 0 Å². The molecule has 1 aromatic carbocycles. The Hall–Kier alpha value is -3.53. The summed E-state index contributed by atoms with van der Waals surface area (Å²) in [5.74, 6) is 0. The molecule has 0 unspecified atom stereocenters. The monoisotopic (exact) mass is 547 g/mol. The van der Waals surface area contributed by atoms with E-state index >= 15 is 0 Å². The number of nitriles is 1. The van der Waals surface area contributed by atoms with E-state index in [1.54, 1.807) is 0 Å². The van der Waals surface area contributed by atoms with Crippen molar-refractivity contribution in [1.82, 2.24) is 19.9 Å². The van der Waals surface area contributed by atoms with Crippen LogP contribution in [0, 0.1) is 11.3 Å². The molecule has 3 aromatic heterocycles. The fourth-order valence-corrected chi connectivity index (χ4v) is 5.34. The van der Waals surface area contributed by atoms with Crippen molar-refractivity contribution in [2.45, 2.75) is 0 Å². The molecule has 8 bridgehead atoms. The first-order valence-corrected chi connectivity index (χ1v) is 12.3. The van der Waals surface area contributed by atoms with Crippen LogP contribution in [0.2, 0.25) is 20.1 Å². The van der Waals surface area contributed by atoms with E-state index in [4.69, 9.17) is 56.4 Å². The lowest BCUT2D eigenvalue weighted by Gasteiger charge is -2.14. The van der Waals surface area contributed by atoms with Crippen LogP contribution in [0.1, 0.15) is 28.3 Å². The predicted molar refractivity (Wildman–Crippen MR) is 149 cm³/mol. The number of hydrogen-bond acceptors (Lipinski definition) is 3. The summed E-state index contributed by atoms with van der Waals surface area (Å²) in [5.41, 5.74) is 7.24. The maximum Gasteiger partial charge on any atom is 0.102 e. The van der Waals surface area contributed by atoms with Gasteiger partial charge in [-0.05, 0) is 66.8 Å². The number of nitrogens with one attached hydrogen (secondary N) is 2. The number of aromatic nitrogens is 4. The summed E-state index contributed by atoms with van der Waals surface area (Å²) in [4.78, 5) is 16.4. The van der Waals surface area contributed by atoms with Gasteiger partial charge in [-0.2, -0.15) is 5.26 Å². The Kier molecular flexibility index (Phi) is 5.63. The van der Waals surface area contributed by atoms with Crippen LogP contribution in [0.4, 0.5) is 0 Å². The zero-order chi connectivity index (χ0) is 25.0. The summed E-state index contributed by atoms with van der Waals surface area (Å²) in [6, 6.07) is 15.8. The number of fused-ring (bicyclic) bond motifs is 8. The molecule has 0 spiro atoms. The predicted octanol–water partition coefficient (Wildman–Crippen LogP) is 8.81. The second-order valence-corrected chi connectivity index (χ2v) is 9.69. The molecule has 5 heterocycles. The van der Waals surface area contributed by atoms with Gasteiger partial charge in [-0.3, -0.25) is 0 Å². The first kappa shape index (κ1) is 22.9. The molecule has 0 amide bonds. The van der Waals surface area contributed by atoms with E-state index in [1.165, 1.54) is 0 Å². The van der Waals surface area contributed by atoms with Gasteiger partial charge in [-0.25, -0.2) is 9.97 Å². The molecule has 174 valence electrons. The van der Waals surface area contributed by atoms with Crippen molar-refractivity contribution >= 4 is 92.8 Å². The summed E-state index contributed by atoms with van der Waals surface area (Å²) in [6.45, 7) is 0. The van der Waals surface area contributed by atoms with E-state index in [0.717, 1.165) is 33.5 Å². The van der Waals surface area contributed by atoms with E-state index in [2.05, 4.69) is 9.97 Å². The maximum absolute atomic E-state index is 9.50. The molecule has 0 aliphatic carbocycles. The molecule has 0 saturated heterocycles. The minimum absolute atomic E-state index is 0.0155. The zero-order valence-electron chi connectivity index (χ0n) is 18.2. The molecule has 5 nitrogen and oxygen atoms in total. The normalized spacial score (nSPS) is 12.2. The van der Waals surface area contributed by atoms with Crippen molar-refractivity contribution in [3.8, 4) is 17.2 Å². The van der Waals surface area contributed by atoms with E-state index < -0.39 is 0 Å². The second kappa shape index (κ2) is 8.85. The van der Waals surface area contributed by atoms with Crippen LogP contribution in [-0.2, 0) is 0 Å². The summed E-state index contributed by atoms with van der Waals surface area (Å²) in [5, 5.41) is 9.76. The van der Waals surface area contributed by atoms with Crippen LogP contribution < -0.4 is 0 Å². The van der Waals surface area contributed by atoms with Crippen LogP contribution >= 0.6 is 46.4 Å². The lowest BCUT2D eigenvalue weighted by molar-refractivity contribution is 1.27. The number of halogens is 4. The Balaban J connectivity index is 1.76. The third kappa shape index (κ3) is 3.89. The number of nitrogens with zero attached hydrogens (tertiary/aromatic N) is 3. The quantitative estimate of drug-likeness (QED) is 0.201. The van der Waals surface area contributed by atoms with Crippen LogP contribution in [0.3, 0.4) is 0 Å². The Morgan fingerprint density at radius 3 is 1.47 bits per heavy atom. The van der Waals surface area contributed by atoms with Crippen molar-refractivity contribution < 1.29 is 0 Å². The number of hydrogen-bond donors (Lipinski definition) is 2. The average molecular weight is 549 g/mol. The van der Waals surface area contributed by atoms with Gasteiger partial charge in [0.05, 0.1) is 48.4 Å². The lowest BCUT2D eigenvalue weighted by Crippen LogP contribution is -1.95. The fraction of sp³-hybridized carbons (Fsp3) is 0. The molecule has 6 rings (SSSR count). The number of rotatable bonds is 1. The second-order valence-electron chi connectivity index (χ2n) is 8.17. The molecular formula is C27H13Cl4N5. The summed E-state index contributed by atoms with van der Waals surface area (Å²) in [6.07, 6.45) is 7.49. The molecule has 2 aliphatic rings. The van der Waals surface area contributed by atoms with Gasteiger partial charge in [0.2, 0.25) is 0 Å². The van der Waals surface area contributed by atoms with Gasteiger partial charge in [0.1, 0.15) is 6.07 Å². The molecule has 2 N–H and O–H groups in total. The molecule has 4 aromatic rings. The summed E-state index contributed by atoms with van der Waals surface area (Å²) < 4.78 is 0. The smallest absolute Gasteiger partial charge is 0.102 e. The van der Waals surface area contributed by atoms with Crippen LogP contribution in [-0.4, -0.2) is 19.9 Å². The third-order valence-corrected chi connectivity index (χ3v) is 7.55. The molecular weight excluding hydrogens is 536 g/mol. The average Bonchev–Trinajstić information content (AvgIpc) is 3.66. The van der Waals surface area contributed by atoms with Crippen molar-refractivity contribution in [3.63, 3.8) is 0 Å². The molecule has 2 aliphatic heterocycles. The van der Waals surface area contributed by atoms with Gasteiger partial charge >= 0.3 is 0 Å². The van der Waals surface area contributed by atoms with Crippen LogP contribution in [0.5, 0.6) is 0 Å². The summed E-state index contributed by atoms with van der Waals surface area (Å²) in [7, 11) is 0. The molecule has 0 saturated carbocycles. The Morgan fingerprint density at radius 2 is 1.03 bits per heavy atom. The van der Waals surface area contributed by atoms with E-state index in [0.29, 0.717) is 22.5 Å². The Bertz CT molecular complexity index is 1730. The van der Waals surface area contributed by atoms with Crippen molar-refractivity contribution in [3.05, 3.63) is 90.9 Å². The minimum atomic E-state index is 0.0155. The highest BCUT2D eigenvalue weighted by atomic mass is 35.5. The minimum Gasteiger partial charge on any atom is -0.355 e. The first-order chi connectivity index (χ1) is 17.4. The molecule has 36 heavy (non-hydrogen) atoms. The van der Waals surface area contributed by atoms with Gasteiger partial charge < -0.3 is 9.97 Å². The number of aromatic amines is 2. The SMILES string of the molecule is N#Cc1c(Cl)c(Cl)c(-c2c3nc(cc4ccc(cc5ccc(cc6nc2C=C6)[nH]5)[nH]4)C=C3)c(Cl)c1Cl. The van der Waals surface area contributed by atoms with Gasteiger partial charge in [-0.15, -0.1) is 0 Å². The molecule has 0 fully saturated rings. The van der Waals surface area contributed by atoms with Crippen molar-refractivity contribution in [2.24, 2.45) is 0 Å². The summed E-state index contributed by atoms with van der Waals surface area (Å²) >= 11 is 26.2. The van der Waals surface area contributed by atoms with Crippen molar-refractivity contribution in [1.29, 1.82) is 5.26 Å². The number of H-pyrrole nitrogens is 2. The molecule has 0 atom stereocenters.